The number of rotatable bonds is 10. The third kappa shape index (κ3) is 7.35. The van der Waals surface area contributed by atoms with Crippen LogP contribution < -0.4 is 5.32 Å². The van der Waals surface area contributed by atoms with E-state index in [9.17, 15) is 0 Å². The van der Waals surface area contributed by atoms with Gasteiger partial charge in [0.05, 0.1) is 0 Å². The van der Waals surface area contributed by atoms with Gasteiger partial charge in [-0.15, -0.1) is 0 Å². The molecule has 0 aromatic heterocycles. The highest BCUT2D eigenvalue weighted by Gasteiger charge is 2.12. The summed E-state index contributed by atoms with van der Waals surface area (Å²) in [7, 11) is 2.24. The lowest BCUT2D eigenvalue weighted by molar-refractivity contribution is 0.248. The van der Waals surface area contributed by atoms with E-state index in [1.54, 1.807) is 0 Å². The molecule has 0 spiro atoms. The lowest BCUT2D eigenvalue weighted by Gasteiger charge is -2.26. The van der Waals surface area contributed by atoms with Crippen LogP contribution in [-0.4, -0.2) is 36.5 Å². The van der Waals surface area contributed by atoms with Crippen molar-refractivity contribution in [3.63, 3.8) is 0 Å². The summed E-state index contributed by atoms with van der Waals surface area (Å²) in [5.74, 6) is 1.92. The van der Waals surface area contributed by atoms with Crippen LogP contribution in [0.4, 0.5) is 0 Å². The fraction of sp³-hybridized carbons (Fsp3) is 0.667. The summed E-state index contributed by atoms with van der Waals surface area (Å²) < 4.78 is 0. The lowest BCUT2D eigenvalue weighted by Crippen LogP contribution is -2.32. The minimum atomic E-state index is 0.674. The Balaban J connectivity index is 2.46. The molecule has 0 saturated heterocycles. The van der Waals surface area contributed by atoms with E-state index in [1.165, 1.54) is 23.3 Å². The van der Waals surface area contributed by atoms with Crippen molar-refractivity contribution in [3.05, 3.63) is 35.4 Å². The number of nitrogens with one attached hydrogen (secondary N) is 1. The second kappa shape index (κ2) is 10.3. The van der Waals surface area contributed by atoms with E-state index >= 15 is 0 Å². The molecule has 1 aromatic carbocycles. The third-order valence-electron chi connectivity index (χ3n) is 3.79. The topological polar surface area (TPSA) is 15.3 Å². The van der Waals surface area contributed by atoms with Crippen LogP contribution in [0.3, 0.4) is 0 Å². The van der Waals surface area contributed by atoms with Crippen molar-refractivity contribution < 1.29 is 0 Å². The molecule has 0 amide bonds. The van der Waals surface area contributed by atoms with Gasteiger partial charge in [-0.1, -0.05) is 45.0 Å². The van der Waals surface area contributed by atoms with Crippen LogP contribution >= 0.6 is 11.8 Å². The molecule has 21 heavy (non-hydrogen) atoms. The third-order valence-corrected chi connectivity index (χ3v) is 4.51. The molecule has 1 unspecified atom stereocenters. The van der Waals surface area contributed by atoms with E-state index in [2.05, 4.69) is 68.6 Å². The predicted molar refractivity (Wildman–Crippen MR) is 96.9 cm³/mol. The summed E-state index contributed by atoms with van der Waals surface area (Å²) in [5, 5.41) is 3.49. The highest BCUT2D eigenvalue weighted by Crippen LogP contribution is 2.13. The van der Waals surface area contributed by atoms with Crippen molar-refractivity contribution in [3.8, 4) is 0 Å². The first-order valence-corrected chi connectivity index (χ1v) is 9.43. The molecule has 0 aliphatic rings. The Labute approximate surface area is 135 Å². The second-order valence-corrected chi connectivity index (χ2v) is 7.18. The number of nitrogens with zero attached hydrogens (tertiary/aromatic N) is 1. The van der Waals surface area contributed by atoms with Crippen molar-refractivity contribution in [2.45, 2.75) is 46.3 Å². The molecule has 120 valence electrons. The molecule has 1 N–H and O–H groups in total. The summed E-state index contributed by atoms with van der Waals surface area (Å²) in [6.45, 7) is 9.85. The standard InChI is InChI=1S/C18H32N2S/c1-6-18(14-21-5)20(4)13-17-9-7-16(8-10-17)12-19-11-15(2)3/h7-10,15,18-19H,6,11-14H2,1-5H3. The zero-order valence-corrected chi connectivity index (χ0v) is 15.2. The number of hydrogen-bond acceptors (Lipinski definition) is 3. The number of thioether (sulfide) groups is 1. The summed E-state index contributed by atoms with van der Waals surface area (Å²) in [6, 6.07) is 9.73. The Morgan fingerprint density at radius 1 is 1.14 bits per heavy atom. The van der Waals surface area contributed by atoms with E-state index in [1.807, 2.05) is 11.8 Å². The minimum Gasteiger partial charge on any atom is -0.312 e. The summed E-state index contributed by atoms with van der Waals surface area (Å²) in [4.78, 5) is 2.47. The minimum absolute atomic E-state index is 0.674. The molecule has 0 heterocycles. The molecule has 0 radical (unpaired) electrons. The maximum atomic E-state index is 3.49. The first-order chi connectivity index (χ1) is 10.1. The molecule has 1 aromatic rings. The maximum Gasteiger partial charge on any atom is 0.0233 e. The van der Waals surface area contributed by atoms with E-state index in [4.69, 9.17) is 0 Å². The van der Waals surface area contributed by atoms with Crippen LogP contribution in [0.2, 0.25) is 0 Å². The molecule has 1 atom stereocenters. The highest BCUT2D eigenvalue weighted by molar-refractivity contribution is 7.98. The largest absolute Gasteiger partial charge is 0.312 e. The van der Waals surface area contributed by atoms with E-state index in [0.29, 0.717) is 12.0 Å². The van der Waals surface area contributed by atoms with E-state index < -0.39 is 0 Å². The van der Waals surface area contributed by atoms with E-state index in [0.717, 1.165) is 19.6 Å². The van der Waals surface area contributed by atoms with Gasteiger partial charge in [0.15, 0.2) is 0 Å². The van der Waals surface area contributed by atoms with Gasteiger partial charge in [-0.25, -0.2) is 0 Å². The lowest BCUT2D eigenvalue weighted by atomic mass is 10.1. The SMILES string of the molecule is CCC(CSC)N(C)Cc1ccc(CNCC(C)C)cc1. The Hall–Kier alpha value is -0.510. The summed E-state index contributed by atoms with van der Waals surface area (Å²) in [5.41, 5.74) is 2.78. The molecule has 0 bridgehead atoms. The van der Waals surface area contributed by atoms with Gasteiger partial charge in [-0.3, -0.25) is 4.90 Å². The molecule has 3 heteroatoms. The van der Waals surface area contributed by atoms with Gasteiger partial charge in [0.2, 0.25) is 0 Å². The van der Waals surface area contributed by atoms with Crippen LogP contribution in [0.5, 0.6) is 0 Å². The van der Waals surface area contributed by atoms with Gasteiger partial charge in [0.25, 0.3) is 0 Å². The average molecular weight is 309 g/mol. The smallest absolute Gasteiger partial charge is 0.0233 e. The van der Waals surface area contributed by atoms with Crippen molar-refractivity contribution in [1.29, 1.82) is 0 Å². The zero-order chi connectivity index (χ0) is 15.7. The first kappa shape index (κ1) is 18.5. The Morgan fingerprint density at radius 2 is 1.76 bits per heavy atom. The summed E-state index contributed by atoms with van der Waals surface area (Å²) in [6.07, 6.45) is 3.41. The van der Waals surface area contributed by atoms with Crippen molar-refractivity contribution in [1.82, 2.24) is 10.2 Å². The van der Waals surface area contributed by atoms with Gasteiger partial charge in [-0.2, -0.15) is 11.8 Å². The monoisotopic (exact) mass is 308 g/mol. The van der Waals surface area contributed by atoms with Gasteiger partial charge in [0.1, 0.15) is 0 Å². The highest BCUT2D eigenvalue weighted by atomic mass is 32.2. The van der Waals surface area contributed by atoms with Crippen molar-refractivity contribution in [2.75, 3.05) is 25.6 Å². The Morgan fingerprint density at radius 3 is 2.29 bits per heavy atom. The Bertz CT molecular complexity index is 375. The number of benzene rings is 1. The molecule has 2 nitrogen and oxygen atoms in total. The fourth-order valence-electron chi connectivity index (χ4n) is 2.43. The summed E-state index contributed by atoms with van der Waals surface area (Å²) >= 11 is 1.94. The molecular weight excluding hydrogens is 276 g/mol. The zero-order valence-electron chi connectivity index (χ0n) is 14.4. The number of hydrogen-bond donors (Lipinski definition) is 1. The molecule has 0 aliphatic carbocycles. The quantitative estimate of drug-likeness (QED) is 0.703. The van der Waals surface area contributed by atoms with Crippen molar-refractivity contribution in [2.24, 2.45) is 5.92 Å². The Kier molecular flexibility index (Phi) is 9.05. The average Bonchev–Trinajstić information content (AvgIpc) is 2.46. The van der Waals surface area contributed by atoms with Gasteiger partial charge in [-0.05, 0) is 43.3 Å². The first-order valence-electron chi connectivity index (χ1n) is 8.04. The molecular formula is C18H32N2S. The van der Waals surface area contributed by atoms with Crippen LogP contribution in [-0.2, 0) is 13.1 Å². The van der Waals surface area contributed by atoms with Gasteiger partial charge < -0.3 is 5.32 Å². The van der Waals surface area contributed by atoms with Gasteiger partial charge >= 0.3 is 0 Å². The van der Waals surface area contributed by atoms with Crippen LogP contribution in [0.1, 0.15) is 38.3 Å². The molecule has 0 fully saturated rings. The van der Waals surface area contributed by atoms with Crippen molar-refractivity contribution >= 4 is 11.8 Å². The van der Waals surface area contributed by atoms with E-state index in [-0.39, 0.29) is 0 Å². The predicted octanol–water partition coefficient (Wildman–Crippen LogP) is 4.01. The van der Waals surface area contributed by atoms with Crippen LogP contribution in [0.25, 0.3) is 0 Å². The normalized spacial score (nSPS) is 13.1. The molecule has 0 aliphatic heterocycles. The van der Waals surface area contributed by atoms with Gasteiger partial charge in [0, 0.05) is 24.9 Å². The molecule has 1 rings (SSSR count). The maximum absolute atomic E-state index is 3.49. The van der Waals surface area contributed by atoms with Crippen LogP contribution in [0.15, 0.2) is 24.3 Å². The second-order valence-electron chi connectivity index (χ2n) is 6.27. The fourth-order valence-corrected chi connectivity index (χ4v) is 3.31. The van der Waals surface area contributed by atoms with Crippen LogP contribution in [0, 0.1) is 5.92 Å². The molecule has 0 saturated carbocycles.